The fraction of sp³-hybridized carbons (Fsp3) is 0.526. The van der Waals surface area contributed by atoms with Crippen LogP contribution in [0.2, 0.25) is 0 Å². The monoisotopic (exact) mass is 510 g/mol. The van der Waals surface area contributed by atoms with Gasteiger partial charge in [0.1, 0.15) is 16.1 Å². The minimum absolute atomic E-state index is 0.0231. The highest BCUT2D eigenvalue weighted by Crippen LogP contribution is 2.49. The number of nitrogens with one attached hydrogen (secondary N) is 1. The third-order valence-corrected chi connectivity index (χ3v) is 10.2. The highest BCUT2D eigenvalue weighted by Gasteiger charge is 2.51. The van der Waals surface area contributed by atoms with E-state index in [0.717, 1.165) is 17.8 Å². The first-order valence-electron chi connectivity index (χ1n) is 9.50. The lowest BCUT2D eigenvalue weighted by Crippen LogP contribution is -2.56. The van der Waals surface area contributed by atoms with Gasteiger partial charge in [-0.15, -0.1) is 11.8 Å². The van der Waals surface area contributed by atoms with Crippen molar-refractivity contribution in [1.29, 1.82) is 0 Å². The Balaban J connectivity index is 1.68. The number of allylic oxidation sites excluding steroid dienone is 1. The molecule has 0 aromatic carbocycles. The Morgan fingerprint density at radius 1 is 1.34 bits per heavy atom. The lowest BCUT2D eigenvalue weighted by atomic mass is 10.0. The van der Waals surface area contributed by atoms with Gasteiger partial charge in [0, 0.05) is 22.6 Å². The highest BCUT2D eigenvalue weighted by molar-refractivity contribution is 8.04. The largest absolute Gasteiger partial charge is 0.417 e. The van der Waals surface area contributed by atoms with Crippen LogP contribution in [0, 0.1) is 0 Å². The minimum atomic E-state index is -4.49. The first-order valence-corrected chi connectivity index (χ1v) is 12.4. The van der Waals surface area contributed by atoms with Crippen molar-refractivity contribution in [1.82, 2.24) is 10.3 Å². The molecule has 2 aliphatic heterocycles. The molecule has 3 rings (SSSR count). The first-order chi connectivity index (χ1) is 14.6. The van der Waals surface area contributed by atoms with Crippen molar-refractivity contribution in [2.45, 2.75) is 55.4 Å². The second-order valence-corrected chi connectivity index (χ2v) is 12.5. The van der Waals surface area contributed by atoms with Crippen molar-refractivity contribution >= 4 is 44.9 Å². The van der Waals surface area contributed by atoms with Crippen LogP contribution in [0.5, 0.6) is 0 Å². The van der Waals surface area contributed by atoms with Crippen LogP contribution in [0.3, 0.4) is 0 Å². The number of rotatable bonds is 4. The lowest BCUT2D eigenvalue weighted by molar-refractivity contribution is -0.137. The van der Waals surface area contributed by atoms with Gasteiger partial charge in [0.15, 0.2) is 9.84 Å². The maximum absolute atomic E-state index is 12.8. The van der Waals surface area contributed by atoms with Crippen molar-refractivity contribution in [3.8, 4) is 0 Å². The molecule has 0 radical (unpaired) electrons. The molecule has 3 heterocycles. The quantitative estimate of drug-likeness (QED) is 0.643. The standard InChI is InChI=1S/C19H22ClF3N4O3S2/c1-17(2)16(24)27-18(3,9-32(17,29)30)14-12(20)6-13(31-14)15(28)26-8-11-5-4-10(7-25-11)19(21,22)23/h4-5,7,13H,6,8-9H2,1-3H3,(H2,24,27)(H,26,28). The van der Waals surface area contributed by atoms with Crippen molar-refractivity contribution in [3.63, 3.8) is 0 Å². The highest BCUT2D eigenvalue weighted by atomic mass is 35.5. The number of alkyl halides is 3. The van der Waals surface area contributed by atoms with E-state index in [9.17, 15) is 26.4 Å². The van der Waals surface area contributed by atoms with E-state index in [2.05, 4.69) is 15.3 Å². The van der Waals surface area contributed by atoms with Crippen LogP contribution >= 0.6 is 23.4 Å². The van der Waals surface area contributed by atoms with Crippen molar-refractivity contribution in [3.05, 3.63) is 39.5 Å². The molecule has 1 aromatic rings. The average molecular weight is 511 g/mol. The molecule has 0 spiro atoms. The van der Waals surface area contributed by atoms with Gasteiger partial charge in [-0.05, 0) is 32.9 Å². The molecule has 0 bridgehead atoms. The van der Waals surface area contributed by atoms with Gasteiger partial charge in [-0.1, -0.05) is 11.6 Å². The second kappa shape index (κ2) is 8.21. The molecule has 32 heavy (non-hydrogen) atoms. The van der Waals surface area contributed by atoms with Crippen LogP contribution < -0.4 is 11.1 Å². The van der Waals surface area contributed by atoms with E-state index in [-0.39, 0.29) is 30.2 Å². The fourth-order valence-electron chi connectivity index (χ4n) is 3.32. The number of hydrogen-bond donors (Lipinski definition) is 2. The van der Waals surface area contributed by atoms with Gasteiger partial charge < -0.3 is 11.1 Å². The van der Waals surface area contributed by atoms with E-state index >= 15 is 0 Å². The SMILES string of the molecule is CC1(C2=C(Cl)CC(C(=O)NCc3ccc(C(F)(F)F)cn3)S2)CS(=O)(=O)C(C)(C)C(N)=N1. The van der Waals surface area contributed by atoms with Gasteiger partial charge in [-0.25, -0.2) is 8.42 Å². The topological polar surface area (TPSA) is 115 Å². The van der Waals surface area contributed by atoms with Crippen LogP contribution in [-0.4, -0.2) is 46.4 Å². The molecule has 0 aliphatic carbocycles. The van der Waals surface area contributed by atoms with E-state index in [1.54, 1.807) is 6.92 Å². The van der Waals surface area contributed by atoms with Gasteiger partial charge in [-0.3, -0.25) is 14.8 Å². The van der Waals surface area contributed by atoms with Crippen molar-refractivity contribution < 1.29 is 26.4 Å². The Morgan fingerprint density at radius 3 is 2.53 bits per heavy atom. The summed E-state index contributed by atoms with van der Waals surface area (Å²) in [5, 5.41) is 2.32. The summed E-state index contributed by atoms with van der Waals surface area (Å²) in [6.07, 6.45) is -3.61. The summed E-state index contributed by atoms with van der Waals surface area (Å²) in [5.41, 5.74) is 4.14. The van der Waals surface area contributed by atoms with Crippen molar-refractivity contribution in [2.24, 2.45) is 10.7 Å². The number of pyridine rings is 1. The van der Waals surface area contributed by atoms with Crippen molar-refractivity contribution in [2.75, 3.05) is 5.75 Å². The molecule has 2 atom stereocenters. The van der Waals surface area contributed by atoms with Gasteiger partial charge in [0.05, 0.1) is 28.8 Å². The number of carbonyl (C=O) groups is 1. The molecule has 3 N–H and O–H groups in total. The first kappa shape index (κ1) is 24.8. The maximum Gasteiger partial charge on any atom is 0.417 e. The van der Waals surface area contributed by atoms with Gasteiger partial charge in [0.2, 0.25) is 5.91 Å². The molecule has 1 amide bonds. The summed E-state index contributed by atoms with van der Waals surface area (Å²) in [6.45, 7) is 4.53. The number of nitrogens with zero attached hydrogens (tertiary/aromatic N) is 2. The number of carbonyl (C=O) groups excluding carboxylic acids is 1. The molecule has 0 fully saturated rings. The molecule has 0 saturated carbocycles. The van der Waals surface area contributed by atoms with Gasteiger partial charge in [0.25, 0.3) is 0 Å². The molecule has 13 heteroatoms. The Hall–Kier alpha value is -1.79. The number of aliphatic imine (C=N–C) groups is 1. The molecule has 176 valence electrons. The molecule has 2 aliphatic rings. The summed E-state index contributed by atoms with van der Waals surface area (Å²) in [7, 11) is -3.63. The molecular formula is C19H22ClF3N4O3S2. The molecule has 1 aromatic heterocycles. The van der Waals surface area contributed by atoms with E-state index in [1.807, 2.05) is 0 Å². The zero-order chi connectivity index (χ0) is 24.1. The van der Waals surface area contributed by atoms with E-state index in [1.165, 1.54) is 19.9 Å². The third kappa shape index (κ3) is 4.62. The van der Waals surface area contributed by atoms with E-state index in [4.69, 9.17) is 17.3 Å². The maximum atomic E-state index is 12.8. The number of amides is 1. The second-order valence-electron chi connectivity index (χ2n) is 8.34. The predicted molar refractivity (Wildman–Crippen MR) is 118 cm³/mol. The number of halogens is 4. The van der Waals surface area contributed by atoms with Crippen LogP contribution in [0.1, 0.15) is 38.4 Å². The van der Waals surface area contributed by atoms with Crippen LogP contribution in [0.25, 0.3) is 0 Å². The number of aromatic nitrogens is 1. The van der Waals surface area contributed by atoms with Crippen LogP contribution in [-0.2, 0) is 27.4 Å². The number of hydrogen-bond acceptors (Lipinski definition) is 7. The van der Waals surface area contributed by atoms with Crippen LogP contribution in [0.4, 0.5) is 13.2 Å². The Kier molecular flexibility index (Phi) is 6.37. The Labute approximate surface area is 193 Å². The van der Waals surface area contributed by atoms with Crippen LogP contribution in [0.15, 0.2) is 33.3 Å². The summed E-state index contributed by atoms with van der Waals surface area (Å²) in [4.78, 5) is 21.2. The number of amidine groups is 1. The normalized spacial score (nSPS) is 27.2. The Bertz CT molecular complexity index is 1100. The van der Waals surface area contributed by atoms with E-state index in [0.29, 0.717) is 16.1 Å². The molecule has 7 nitrogen and oxygen atoms in total. The average Bonchev–Trinajstić information content (AvgIpc) is 3.07. The fourth-order valence-corrected chi connectivity index (χ4v) is 6.97. The van der Waals surface area contributed by atoms with Gasteiger partial charge >= 0.3 is 6.18 Å². The minimum Gasteiger partial charge on any atom is -0.386 e. The number of nitrogens with two attached hydrogens (primary N) is 1. The smallest absolute Gasteiger partial charge is 0.386 e. The molecule has 2 unspecified atom stereocenters. The lowest BCUT2D eigenvalue weighted by Gasteiger charge is -2.38. The zero-order valence-corrected chi connectivity index (χ0v) is 19.8. The molecule has 0 saturated heterocycles. The summed E-state index contributed by atoms with van der Waals surface area (Å²) in [5.74, 6) is -0.717. The third-order valence-electron chi connectivity index (χ3n) is 5.48. The number of thioether (sulfide) groups is 1. The predicted octanol–water partition coefficient (Wildman–Crippen LogP) is 3.00. The summed E-state index contributed by atoms with van der Waals surface area (Å²) >= 11 is 7.50. The molecular weight excluding hydrogens is 489 g/mol. The summed E-state index contributed by atoms with van der Waals surface area (Å²) < 4.78 is 62.1. The summed E-state index contributed by atoms with van der Waals surface area (Å²) in [6, 6.07) is 2.08. The van der Waals surface area contributed by atoms with Gasteiger partial charge in [-0.2, -0.15) is 13.2 Å². The Morgan fingerprint density at radius 2 is 2.00 bits per heavy atom. The number of sulfone groups is 1. The zero-order valence-electron chi connectivity index (χ0n) is 17.5. The van der Waals surface area contributed by atoms with E-state index < -0.39 is 43.0 Å².